The Kier molecular flexibility index (Phi) is 6.60. The highest BCUT2D eigenvalue weighted by atomic mass is 32.2. The minimum absolute atomic E-state index is 0.0760. The first-order chi connectivity index (χ1) is 14.6. The van der Waals surface area contributed by atoms with Crippen LogP contribution in [0.3, 0.4) is 0 Å². The van der Waals surface area contributed by atoms with E-state index in [9.17, 15) is 9.59 Å². The van der Waals surface area contributed by atoms with Crippen LogP contribution in [0.5, 0.6) is 0 Å². The topological polar surface area (TPSA) is 69.4 Å². The highest BCUT2D eigenvalue weighted by Gasteiger charge is 2.61. The molecule has 4 aliphatic carbocycles. The Morgan fingerprint density at radius 2 is 1.71 bits per heavy atom. The minimum Gasteiger partial charge on any atom is -0.459 e. The van der Waals surface area contributed by atoms with Gasteiger partial charge in [0.1, 0.15) is 11.4 Å². The van der Waals surface area contributed by atoms with Crippen LogP contribution in [0.15, 0.2) is 0 Å². The maximum absolute atomic E-state index is 12.4. The lowest BCUT2D eigenvalue weighted by Crippen LogP contribution is -2.56. The van der Waals surface area contributed by atoms with E-state index in [4.69, 9.17) is 10.5 Å². The molecule has 4 nitrogen and oxygen atoms in total. The van der Waals surface area contributed by atoms with E-state index in [2.05, 4.69) is 20.8 Å². The van der Waals surface area contributed by atoms with Crippen LogP contribution in [0.1, 0.15) is 85.5 Å². The predicted molar refractivity (Wildman–Crippen MR) is 127 cm³/mol. The van der Waals surface area contributed by atoms with E-state index in [0.717, 1.165) is 49.2 Å². The largest absolute Gasteiger partial charge is 0.459 e. The molecule has 0 unspecified atom stereocenters. The highest BCUT2D eigenvalue weighted by molar-refractivity contribution is 7.99. The Morgan fingerprint density at radius 1 is 0.968 bits per heavy atom. The average Bonchev–Trinajstić information content (AvgIpc) is 3.06. The lowest BCUT2D eigenvalue weighted by atomic mass is 9.44. The summed E-state index contributed by atoms with van der Waals surface area (Å²) in [7, 11) is 0. The molecule has 0 aromatic carbocycles. The van der Waals surface area contributed by atoms with Crippen molar-refractivity contribution in [2.24, 2.45) is 46.2 Å². The molecule has 31 heavy (non-hydrogen) atoms. The molecule has 0 aromatic heterocycles. The first kappa shape index (κ1) is 23.6. The summed E-state index contributed by atoms with van der Waals surface area (Å²) in [6.45, 7) is 9.57. The molecule has 0 radical (unpaired) electrons. The standard InChI is InChI=1S/C26H43NO3S/c1-17(28)20-7-8-21-19-6-5-18-15-24(2,30-23(29)16-31-14-13-27)11-12-25(18,3)22(19)9-10-26(20,21)4/h18-22H,5-16,27H2,1-4H3/t18-,19-,20+,21-,22-,24+,25-,26+/m0/s1. The van der Waals surface area contributed by atoms with E-state index < -0.39 is 0 Å². The Labute approximate surface area is 193 Å². The molecule has 4 fully saturated rings. The van der Waals surface area contributed by atoms with Crippen molar-refractivity contribution in [2.75, 3.05) is 18.1 Å². The molecule has 0 saturated heterocycles. The Hall–Kier alpha value is -0.550. The summed E-state index contributed by atoms with van der Waals surface area (Å²) in [5.74, 6) is 4.78. The van der Waals surface area contributed by atoms with Gasteiger partial charge in [0.2, 0.25) is 0 Å². The number of ether oxygens (including phenoxy) is 1. The monoisotopic (exact) mass is 449 g/mol. The van der Waals surface area contributed by atoms with Gasteiger partial charge < -0.3 is 10.5 Å². The van der Waals surface area contributed by atoms with Crippen molar-refractivity contribution in [3.63, 3.8) is 0 Å². The molecule has 4 saturated carbocycles. The second-order valence-electron chi connectivity index (χ2n) is 11.9. The van der Waals surface area contributed by atoms with Gasteiger partial charge in [0, 0.05) is 18.2 Å². The molecule has 2 N–H and O–H groups in total. The lowest BCUT2D eigenvalue weighted by molar-refractivity contribution is -0.178. The van der Waals surface area contributed by atoms with E-state index in [0.29, 0.717) is 29.4 Å². The van der Waals surface area contributed by atoms with E-state index in [1.54, 1.807) is 11.8 Å². The summed E-state index contributed by atoms with van der Waals surface area (Å²) in [5, 5.41) is 0. The van der Waals surface area contributed by atoms with E-state index >= 15 is 0 Å². The summed E-state index contributed by atoms with van der Waals surface area (Å²) in [6.07, 6.45) is 10.6. The molecule has 5 heteroatoms. The van der Waals surface area contributed by atoms with Crippen LogP contribution in [0.25, 0.3) is 0 Å². The van der Waals surface area contributed by atoms with Crippen molar-refractivity contribution in [1.29, 1.82) is 0 Å². The fourth-order valence-corrected chi connectivity index (χ4v) is 9.26. The van der Waals surface area contributed by atoms with Gasteiger partial charge in [-0.3, -0.25) is 9.59 Å². The van der Waals surface area contributed by atoms with Gasteiger partial charge in [-0.2, -0.15) is 0 Å². The number of fused-ring (bicyclic) bond motifs is 5. The predicted octanol–water partition coefficient (Wildman–Crippen LogP) is 5.23. The zero-order valence-electron chi connectivity index (χ0n) is 20.1. The second-order valence-corrected chi connectivity index (χ2v) is 13.0. The zero-order chi connectivity index (χ0) is 22.4. The summed E-state index contributed by atoms with van der Waals surface area (Å²) >= 11 is 1.57. The van der Waals surface area contributed by atoms with Gasteiger partial charge in [0.15, 0.2) is 0 Å². The fourth-order valence-electron chi connectivity index (χ4n) is 8.72. The zero-order valence-corrected chi connectivity index (χ0v) is 20.9. The molecule has 0 bridgehead atoms. The van der Waals surface area contributed by atoms with E-state index in [-0.39, 0.29) is 22.9 Å². The van der Waals surface area contributed by atoms with Gasteiger partial charge in [0.05, 0.1) is 5.75 Å². The van der Waals surface area contributed by atoms with Crippen molar-refractivity contribution < 1.29 is 14.3 Å². The third kappa shape index (κ3) is 4.11. The summed E-state index contributed by atoms with van der Waals surface area (Å²) in [4.78, 5) is 24.7. The van der Waals surface area contributed by atoms with Gasteiger partial charge >= 0.3 is 5.97 Å². The summed E-state index contributed by atoms with van der Waals surface area (Å²) in [6, 6.07) is 0. The van der Waals surface area contributed by atoms with Gasteiger partial charge in [-0.1, -0.05) is 13.8 Å². The number of nitrogens with two attached hydrogens (primary N) is 1. The smallest absolute Gasteiger partial charge is 0.316 e. The van der Waals surface area contributed by atoms with Crippen molar-refractivity contribution in [3.05, 3.63) is 0 Å². The number of carbonyl (C=O) groups is 2. The van der Waals surface area contributed by atoms with Crippen molar-refractivity contribution in [3.8, 4) is 0 Å². The van der Waals surface area contributed by atoms with Crippen LogP contribution in [-0.2, 0) is 14.3 Å². The van der Waals surface area contributed by atoms with Crippen molar-refractivity contribution >= 4 is 23.5 Å². The van der Waals surface area contributed by atoms with Crippen LogP contribution >= 0.6 is 11.8 Å². The van der Waals surface area contributed by atoms with Crippen LogP contribution in [-0.4, -0.2) is 35.4 Å². The van der Waals surface area contributed by atoms with Crippen LogP contribution in [0, 0.1) is 40.4 Å². The fraction of sp³-hybridized carbons (Fsp3) is 0.923. The van der Waals surface area contributed by atoms with E-state index in [1.807, 2.05) is 6.92 Å². The SMILES string of the molecule is CC(=O)[C@H]1CC[C@H]2[C@@H]3CC[C@H]4C[C@](C)(OC(=O)CSCCN)CC[C@]4(C)[C@H]3CC[C@]12C. The van der Waals surface area contributed by atoms with E-state index in [1.165, 1.54) is 32.1 Å². The molecule has 176 valence electrons. The molecular formula is C26H43NO3S. The van der Waals surface area contributed by atoms with Gasteiger partial charge in [0.25, 0.3) is 0 Å². The number of rotatable bonds is 6. The number of thioether (sulfide) groups is 1. The molecule has 0 amide bonds. The molecular weight excluding hydrogens is 406 g/mol. The molecule has 0 aromatic rings. The molecule has 0 aliphatic heterocycles. The molecule has 4 rings (SSSR count). The third-order valence-electron chi connectivity index (χ3n) is 10.3. The Bertz CT molecular complexity index is 713. The Morgan fingerprint density at radius 3 is 2.42 bits per heavy atom. The molecule has 4 aliphatic rings. The minimum atomic E-state index is -0.312. The molecule has 0 heterocycles. The number of ketones is 1. The normalized spacial score (nSPS) is 46.5. The highest BCUT2D eigenvalue weighted by Crippen LogP contribution is 2.68. The van der Waals surface area contributed by atoms with Crippen molar-refractivity contribution in [2.45, 2.75) is 91.1 Å². The van der Waals surface area contributed by atoms with Crippen molar-refractivity contribution in [1.82, 2.24) is 0 Å². The first-order valence-corrected chi connectivity index (χ1v) is 13.8. The number of Topliss-reactive ketones (excluding diaryl/α,β-unsaturated/α-hetero) is 1. The third-order valence-corrected chi connectivity index (χ3v) is 11.2. The van der Waals surface area contributed by atoms with Crippen LogP contribution < -0.4 is 5.73 Å². The quantitative estimate of drug-likeness (QED) is 0.444. The Balaban J connectivity index is 1.44. The van der Waals surface area contributed by atoms with Gasteiger partial charge in [-0.25, -0.2) is 0 Å². The number of carbonyl (C=O) groups excluding carboxylic acids is 2. The molecule has 8 atom stereocenters. The average molecular weight is 450 g/mol. The summed E-state index contributed by atoms with van der Waals surface area (Å²) in [5.41, 5.74) is 5.82. The van der Waals surface area contributed by atoms with Crippen LogP contribution in [0.2, 0.25) is 0 Å². The maximum atomic E-state index is 12.4. The number of hydrogen-bond acceptors (Lipinski definition) is 5. The number of esters is 1. The van der Waals surface area contributed by atoms with Gasteiger partial charge in [-0.15, -0.1) is 11.8 Å². The first-order valence-electron chi connectivity index (χ1n) is 12.6. The lowest BCUT2D eigenvalue weighted by Gasteiger charge is -2.62. The summed E-state index contributed by atoms with van der Waals surface area (Å²) < 4.78 is 6.04. The second kappa shape index (κ2) is 8.66. The van der Waals surface area contributed by atoms with Gasteiger partial charge in [-0.05, 0) is 106 Å². The number of hydrogen-bond donors (Lipinski definition) is 1. The maximum Gasteiger partial charge on any atom is 0.316 e. The van der Waals surface area contributed by atoms with Crippen LogP contribution in [0.4, 0.5) is 0 Å². The molecule has 0 spiro atoms.